The van der Waals surface area contributed by atoms with Gasteiger partial charge in [-0.2, -0.15) is 5.26 Å². The monoisotopic (exact) mass is 366 g/mol. The Morgan fingerprint density at radius 2 is 1.37 bits per heavy atom. The molecule has 2 aromatic rings. The summed E-state index contributed by atoms with van der Waals surface area (Å²) in [5.41, 5.74) is 0.792. The van der Waals surface area contributed by atoms with Crippen molar-refractivity contribution in [2.24, 2.45) is 0 Å². The zero-order valence-corrected chi connectivity index (χ0v) is 15.3. The molecular weight excluding hydrogens is 343 g/mol. The van der Waals surface area contributed by atoms with Crippen LogP contribution in [-0.4, -0.2) is 49.5 Å². The highest BCUT2D eigenvalue weighted by Crippen LogP contribution is 2.25. The van der Waals surface area contributed by atoms with Crippen molar-refractivity contribution in [1.82, 2.24) is 10.2 Å². The normalized spacial score (nSPS) is 17.7. The SMILES string of the molecule is N#Cc1c(F)cccc1N1CCN(c2ccc(N3CCCCC3)nn2)CC1. The second-order valence-electron chi connectivity index (χ2n) is 7.02. The van der Waals surface area contributed by atoms with Gasteiger partial charge in [0.05, 0.1) is 5.69 Å². The minimum atomic E-state index is -0.461. The van der Waals surface area contributed by atoms with Crippen LogP contribution in [0.1, 0.15) is 24.8 Å². The van der Waals surface area contributed by atoms with E-state index in [4.69, 9.17) is 0 Å². The van der Waals surface area contributed by atoms with Gasteiger partial charge < -0.3 is 14.7 Å². The van der Waals surface area contributed by atoms with E-state index in [0.29, 0.717) is 18.8 Å². The minimum absolute atomic E-state index is 0.122. The number of nitrogens with zero attached hydrogens (tertiary/aromatic N) is 6. The third-order valence-electron chi connectivity index (χ3n) is 5.36. The van der Waals surface area contributed by atoms with Gasteiger partial charge in [0.25, 0.3) is 0 Å². The minimum Gasteiger partial charge on any atom is -0.367 e. The lowest BCUT2D eigenvalue weighted by Gasteiger charge is -2.37. The van der Waals surface area contributed by atoms with Crippen LogP contribution in [0.2, 0.25) is 0 Å². The van der Waals surface area contributed by atoms with E-state index in [-0.39, 0.29) is 5.56 Å². The summed E-state index contributed by atoms with van der Waals surface area (Å²) >= 11 is 0. The van der Waals surface area contributed by atoms with E-state index < -0.39 is 5.82 Å². The number of piperazine rings is 1. The Morgan fingerprint density at radius 3 is 1.96 bits per heavy atom. The van der Waals surface area contributed by atoms with Gasteiger partial charge in [-0.05, 0) is 43.5 Å². The third-order valence-corrected chi connectivity index (χ3v) is 5.36. The number of rotatable bonds is 3. The second-order valence-corrected chi connectivity index (χ2v) is 7.02. The van der Waals surface area contributed by atoms with E-state index >= 15 is 0 Å². The first-order valence-corrected chi connectivity index (χ1v) is 9.53. The molecule has 1 aromatic heterocycles. The lowest BCUT2D eigenvalue weighted by Crippen LogP contribution is -2.47. The lowest BCUT2D eigenvalue weighted by molar-refractivity contribution is 0.570. The van der Waals surface area contributed by atoms with Crippen LogP contribution in [0.25, 0.3) is 0 Å². The highest BCUT2D eigenvalue weighted by molar-refractivity contribution is 5.61. The fourth-order valence-corrected chi connectivity index (χ4v) is 3.84. The van der Waals surface area contributed by atoms with Crippen molar-refractivity contribution in [3.05, 3.63) is 41.7 Å². The molecule has 4 rings (SSSR count). The summed E-state index contributed by atoms with van der Waals surface area (Å²) in [6.07, 6.45) is 3.73. The Hall–Kier alpha value is -2.88. The molecule has 140 valence electrons. The van der Waals surface area contributed by atoms with Crippen LogP contribution < -0.4 is 14.7 Å². The number of aromatic nitrogens is 2. The summed E-state index contributed by atoms with van der Waals surface area (Å²) in [7, 11) is 0. The predicted octanol–water partition coefficient (Wildman–Crippen LogP) is 2.80. The molecule has 7 heteroatoms. The van der Waals surface area contributed by atoms with Crippen LogP contribution in [0.3, 0.4) is 0 Å². The smallest absolute Gasteiger partial charge is 0.151 e. The standard InChI is InChI=1S/C20H23FN6/c21-17-5-4-6-18(16(17)15-22)25-11-13-27(14-12-25)20-8-7-19(23-24-20)26-9-2-1-3-10-26/h4-8H,1-3,9-14H2. The summed E-state index contributed by atoms with van der Waals surface area (Å²) in [5.74, 6) is 1.36. The Balaban J connectivity index is 1.41. The highest BCUT2D eigenvalue weighted by Gasteiger charge is 2.22. The third kappa shape index (κ3) is 3.65. The number of nitriles is 1. The fourth-order valence-electron chi connectivity index (χ4n) is 3.84. The van der Waals surface area contributed by atoms with Gasteiger partial charge in [-0.15, -0.1) is 10.2 Å². The van der Waals surface area contributed by atoms with Gasteiger partial charge in [0, 0.05) is 39.3 Å². The highest BCUT2D eigenvalue weighted by atomic mass is 19.1. The first-order valence-electron chi connectivity index (χ1n) is 9.53. The summed E-state index contributed by atoms with van der Waals surface area (Å²) in [6.45, 7) is 5.07. The Labute approximate surface area is 158 Å². The molecule has 0 aliphatic carbocycles. The van der Waals surface area contributed by atoms with Crippen molar-refractivity contribution < 1.29 is 4.39 Å². The molecule has 6 nitrogen and oxygen atoms in total. The number of piperidine rings is 1. The molecule has 2 aliphatic heterocycles. The van der Waals surface area contributed by atoms with Crippen LogP contribution in [0.4, 0.5) is 21.7 Å². The topological polar surface area (TPSA) is 59.3 Å². The van der Waals surface area contributed by atoms with E-state index in [9.17, 15) is 9.65 Å². The van der Waals surface area contributed by atoms with Crippen LogP contribution >= 0.6 is 0 Å². The first kappa shape index (κ1) is 17.5. The zero-order chi connectivity index (χ0) is 18.6. The van der Waals surface area contributed by atoms with E-state index in [1.807, 2.05) is 18.2 Å². The van der Waals surface area contributed by atoms with Crippen LogP contribution in [-0.2, 0) is 0 Å². The zero-order valence-electron chi connectivity index (χ0n) is 15.3. The van der Waals surface area contributed by atoms with Gasteiger partial charge in [0.1, 0.15) is 17.4 Å². The molecular formula is C20H23FN6. The molecule has 2 aliphatic rings. The average molecular weight is 366 g/mol. The molecule has 0 N–H and O–H groups in total. The quantitative estimate of drug-likeness (QED) is 0.833. The number of hydrogen-bond acceptors (Lipinski definition) is 6. The molecule has 27 heavy (non-hydrogen) atoms. The van der Waals surface area contributed by atoms with E-state index in [1.54, 1.807) is 6.07 Å². The van der Waals surface area contributed by atoms with Gasteiger partial charge in [0.15, 0.2) is 11.6 Å². The molecule has 3 heterocycles. The Kier molecular flexibility index (Phi) is 5.05. The van der Waals surface area contributed by atoms with Crippen molar-refractivity contribution in [3.63, 3.8) is 0 Å². The number of benzene rings is 1. The molecule has 0 unspecified atom stereocenters. The number of hydrogen-bond donors (Lipinski definition) is 0. The maximum atomic E-state index is 13.9. The predicted molar refractivity (Wildman–Crippen MR) is 104 cm³/mol. The van der Waals surface area contributed by atoms with Crippen LogP contribution in [0.5, 0.6) is 0 Å². The van der Waals surface area contributed by atoms with Crippen LogP contribution in [0, 0.1) is 17.1 Å². The average Bonchev–Trinajstić information content (AvgIpc) is 2.74. The molecule has 0 spiro atoms. The van der Waals surface area contributed by atoms with Crippen molar-refractivity contribution in [3.8, 4) is 6.07 Å². The fraction of sp³-hybridized carbons (Fsp3) is 0.450. The van der Waals surface area contributed by atoms with E-state index in [1.165, 1.54) is 25.3 Å². The molecule has 0 atom stereocenters. The maximum Gasteiger partial charge on any atom is 0.151 e. The van der Waals surface area contributed by atoms with Crippen LogP contribution in [0.15, 0.2) is 30.3 Å². The van der Waals surface area contributed by atoms with Gasteiger partial charge in [0.2, 0.25) is 0 Å². The summed E-state index contributed by atoms with van der Waals surface area (Å²) < 4.78 is 13.9. The summed E-state index contributed by atoms with van der Waals surface area (Å²) in [4.78, 5) is 6.55. The van der Waals surface area contributed by atoms with Gasteiger partial charge in [-0.1, -0.05) is 6.07 Å². The van der Waals surface area contributed by atoms with Crippen molar-refractivity contribution in [2.45, 2.75) is 19.3 Å². The van der Waals surface area contributed by atoms with Crippen molar-refractivity contribution >= 4 is 17.3 Å². The molecule has 2 saturated heterocycles. The van der Waals surface area contributed by atoms with Gasteiger partial charge in [-0.25, -0.2) is 4.39 Å². The van der Waals surface area contributed by atoms with Crippen molar-refractivity contribution in [2.75, 3.05) is 54.0 Å². The molecule has 0 radical (unpaired) electrons. The maximum absolute atomic E-state index is 13.9. The summed E-state index contributed by atoms with van der Waals surface area (Å²) in [6, 6.07) is 10.9. The number of halogens is 1. The molecule has 0 saturated carbocycles. The first-order chi connectivity index (χ1) is 13.3. The summed E-state index contributed by atoms with van der Waals surface area (Å²) in [5, 5.41) is 18.1. The second kappa shape index (κ2) is 7.78. The van der Waals surface area contributed by atoms with Gasteiger partial charge >= 0.3 is 0 Å². The lowest BCUT2D eigenvalue weighted by atomic mass is 10.1. The van der Waals surface area contributed by atoms with Crippen molar-refractivity contribution in [1.29, 1.82) is 5.26 Å². The molecule has 0 amide bonds. The van der Waals surface area contributed by atoms with Gasteiger partial charge in [-0.3, -0.25) is 0 Å². The Bertz CT molecular complexity index is 817. The van der Waals surface area contributed by atoms with E-state index in [2.05, 4.69) is 31.0 Å². The molecule has 1 aromatic carbocycles. The molecule has 2 fully saturated rings. The number of anilines is 3. The molecule has 0 bridgehead atoms. The largest absolute Gasteiger partial charge is 0.367 e. The van der Waals surface area contributed by atoms with E-state index in [0.717, 1.165) is 37.8 Å². The Morgan fingerprint density at radius 1 is 0.778 bits per heavy atom.